The van der Waals surface area contributed by atoms with Gasteiger partial charge in [0.1, 0.15) is 9.88 Å². The van der Waals surface area contributed by atoms with Gasteiger partial charge in [-0.05, 0) is 39.2 Å². The Bertz CT molecular complexity index is 450. The molecule has 1 aliphatic carbocycles. The van der Waals surface area contributed by atoms with Crippen LogP contribution in [0.3, 0.4) is 0 Å². The Labute approximate surface area is 122 Å². The van der Waals surface area contributed by atoms with Crippen molar-refractivity contribution in [2.24, 2.45) is 0 Å². The Morgan fingerprint density at radius 1 is 1.74 bits per heavy atom. The van der Waals surface area contributed by atoms with Gasteiger partial charge < -0.3 is 10.4 Å². The Hall–Kier alpha value is -0.590. The number of rotatable bonds is 6. The quantitative estimate of drug-likeness (QED) is 0.846. The summed E-state index contributed by atoms with van der Waals surface area (Å²) in [5.74, 6) is -0.709. The fraction of sp³-hybridized carbons (Fsp3) is 0.692. The fourth-order valence-corrected chi connectivity index (χ4v) is 4.81. The van der Waals surface area contributed by atoms with E-state index < -0.39 is 11.5 Å². The van der Waals surface area contributed by atoms with Crippen LogP contribution in [0, 0.1) is 6.92 Å². The van der Waals surface area contributed by atoms with Gasteiger partial charge in [0.25, 0.3) is 0 Å². The maximum Gasteiger partial charge on any atom is 0.323 e. The van der Waals surface area contributed by atoms with Crippen molar-refractivity contribution in [2.75, 3.05) is 6.54 Å². The molecule has 1 aromatic heterocycles. The normalized spacial score (nSPS) is 26.7. The molecule has 0 radical (unpaired) electrons. The summed E-state index contributed by atoms with van der Waals surface area (Å²) in [7, 11) is 0. The summed E-state index contributed by atoms with van der Waals surface area (Å²) in [6.07, 6.45) is 3.29. The van der Waals surface area contributed by atoms with E-state index in [0.717, 1.165) is 29.4 Å². The molecule has 2 N–H and O–H groups in total. The van der Waals surface area contributed by atoms with E-state index in [4.69, 9.17) is 0 Å². The lowest BCUT2D eigenvalue weighted by Crippen LogP contribution is -2.50. The number of hydrogen-bond acceptors (Lipinski definition) is 5. The third-order valence-corrected chi connectivity index (χ3v) is 5.82. The maximum absolute atomic E-state index is 11.5. The first kappa shape index (κ1) is 14.8. The molecule has 0 spiro atoms. The molecule has 1 fully saturated rings. The number of carboxylic acids is 1. The van der Waals surface area contributed by atoms with Gasteiger partial charge in [0.2, 0.25) is 0 Å². The van der Waals surface area contributed by atoms with E-state index in [1.807, 2.05) is 12.3 Å². The maximum atomic E-state index is 11.5. The highest BCUT2D eigenvalue weighted by Crippen LogP contribution is 2.41. The molecule has 6 heteroatoms. The molecule has 1 aliphatic rings. The van der Waals surface area contributed by atoms with Crippen LogP contribution < -0.4 is 5.32 Å². The summed E-state index contributed by atoms with van der Waals surface area (Å²) in [6.45, 7) is 4.81. The molecule has 4 nitrogen and oxygen atoms in total. The molecule has 0 saturated heterocycles. The van der Waals surface area contributed by atoms with Crippen molar-refractivity contribution in [1.82, 2.24) is 10.3 Å². The monoisotopic (exact) mass is 300 g/mol. The second-order valence-electron chi connectivity index (χ2n) is 5.05. The molecule has 2 atom stereocenters. The molecule has 0 bridgehead atoms. The lowest BCUT2D eigenvalue weighted by Gasteiger charge is -2.25. The molecule has 106 valence electrons. The van der Waals surface area contributed by atoms with E-state index in [1.54, 1.807) is 23.1 Å². The van der Waals surface area contributed by atoms with Crippen molar-refractivity contribution < 1.29 is 9.90 Å². The zero-order chi connectivity index (χ0) is 13.9. The second-order valence-corrected chi connectivity index (χ2v) is 7.46. The molecule has 0 amide bonds. The minimum absolute atomic E-state index is 0.353. The van der Waals surface area contributed by atoms with Gasteiger partial charge >= 0.3 is 5.97 Å². The van der Waals surface area contributed by atoms with Crippen LogP contribution in [-0.4, -0.2) is 33.4 Å². The lowest BCUT2D eigenvalue weighted by atomic mass is 9.98. The highest BCUT2D eigenvalue weighted by molar-refractivity contribution is 8.01. The van der Waals surface area contributed by atoms with E-state index in [2.05, 4.69) is 17.2 Å². The number of nitrogens with zero attached hydrogens (tertiary/aromatic N) is 1. The average Bonchev–Trinajstić information content (AvgIpc) is 2.95. The number of carbonyl (C=O) groups is 1. The van der Waals surface area contributed by atoms with E-state index in [1.165, 1.54) is 0 Å². The third kappa shape index (κ3) is 3.49. The number of carboxylic acid groups (broad SMARTS) is 1. The van der Waals surface area contributed by atoms with Crippen molar-refractivity contribution in [1.29, 1.82) is 0 Å². The van der Waals surface area contributed by atoms with Crippen LogP contribution in [0.1, 0.15) is 38.3 Å². The van der Waals surface area contributed by atoms with Crippen molar-refractivity contribution >= 4 is 29.1 Å². The molecule has 1 aromatic rings. The largest absolute Gasteiger partial charge is 0.480 e. The number of thiazole rings is 1. The van der Waals surface area contributed by atoms with Crippen LogP contribution in [0.2, 0.25) is 0 Å². The summed E-state index contributed by atoms with van der Waals surface area (Å²) in [6, 6.07) is 0. The smallest absolute Gasteiger partial charge is 0.323 e. The first-order valence-corrected chi connectivity index (χ1v) is 8.39. The summed E-state index contributed by atoms with van der Waals surface area (Å²) < 4.78 is 1.05. The van der Waals surface area contributed by atoms with Crippen LogP contribution in [0.4, 0.5) is 0 Å². The molecule has 1 saturated carbocycles. The van der Waals surface area contributed by atoms with Crippen molar-refractivity contribution in [3.8, 4) is 0 Å². The predicted molar refractivity (Wildman–Crippen MR) is 79.0 cm³/mol. The second kappa shape index (κ2) is 6.24. The standard InChI is InChI=1S/C13H20N2O2S2/c1-3-6-14-13(11(16)17)5-4-10(7-13)19-12-15-9(2)8-18-12/h8,10,14H,3-7H2,1-2H3,(H,16,17). The van der Waals surface area contributed by atoms with Crippen molar-refractivity contribution in [2.45, 2.75) is 54.7 Å². The zero-order valence-electron chi connectivity index (χ0n) is 11.3. The Kier molecular flexibility index (Phi) is 4.86. The van der Waals surface area contributed by atoms with Crippen LogP contribution in [-0.2, 0) is 4.79 Å². The minimum Gasteiger partial charge on any atom is -0.480 e. The van der Waals surface area contributed by atoms with E-state index in [-0.39, 0.29) is 0 Å². The van der Waals surface area contributed by atoms with Crippen LogP contribution in [0.15, 0.2) is 9.72 Å². The van der Waals surface area contributed by atoms with Crippen molar-refractivity contribution in [3.63, 3.8) is 0 Å². The summed E-state index contributed by atoms with van der Waals surface area (Å²) >= 11 is 3.38. The molecule has 0 aromatic carbocycles. The molecule has 19 heavy (non-hydrogen) atoms. The number of aliphatic carboxylic acids is 1. The summed E-state index contributed by atoms with van der Waals surface area (Å²) in [5.41, 5.74) is 0.319. The average molecular weight is 300 g/mol. The van der Waals surface area contributed by atoms with Gasteiger partial charge in [-0.25, -0.2) is 4.98 Å². The molecular weight excluding hydrogens is 280 g/mol. The van der Waals surface area contributed by atoms with Crippen LogP contribution in [0.25, 0.3) is 0 Å². The van der Waals surface area contributed by atoms with Gasteiger partial charge in [0.15, 0.2) is 0 Å². The van der Waals surface area contributed by atoms with Gasteiger partial charge in [-0.3, -0.25) is 4.79 Å². The first-order valence-electron chi connectivity index (χ1n) is 6.63. The van der Waals surface area contributed by atoms with E-state index in [0.29, 0.717) is 18.1 Å². The number of aromatic nitrogens is 1. The molecule has 1 heterocycles. The molecule has 2 unspecified atom stereocenters. The van der Waals surface area contributed by atoms with Crippen molar-refractivity contribution in [3.05, 3.63) is 11.1 Å². The topological polar surface area (TPSA) is 62.2 Å². The van der Waals surface area contributed by atoms with Crippen LogP contribution in [0.5, 0.6) is 0 Å². The molecular formula is C13H20N2O2S2. The Morgan fingerprint density at radius 3 is 3.11 bits per heavy atom. The van der Waals surface area contributed by atoms with Gasteiger partial charge in [-0.1, -0.05) is 18.7 Å². The van der Waals surface area contributed by atoms with Gasteiger partial charge in [0.05, 0.1) is 0 Å². The Morgan fingerprint density at radius 2 is 2.53 bits per heavy atom. The van der Waals surface area contributed by atoms with E-state index in [9.17, 15) is 9.90 Å². The highest BCUT2D eigenvalue weighted by atomic mass is 32.2. The highest BCUT2D eigenvalue weighted by Gasteiger charge is 2.45. The predicted octanol–water partition coefficient (Wildman–Crippen LogP) is 2.92. The van der Waals surface area contributed by atoms with E-state index >= 15 is 0 Å². The number of aryl methyl sites for hydroxylation is 1. The lowest BCUT2D eigenvalue weighted by molar-refractivity contribution is -0.144. The van der Waals surface area contributed by atoms with Crippen LogP contribution >= 0.6 is 23.1 Å². The Balaban J connectivity index is 1.98. The fourth-order valence-electron chi connectivity index (χ4n) is 2.42. The minimum atomic E-state index is -0.722. The summed E-state index contributed by atoms with van der Waals surface area (Å²) in [4.78, 5) is 16.0. The summed E-state index contributed by atoms with van der Waals surface area (Å²) in [5, 5.41) is 15.1. The van der Waals surface area contributed by atoms with Gasteiger partial charge in [0, 0.05) is 16.3 Å². The first-order chi connectivity index (χ1) is 9.05. The third-order valence-electron chi connectivity index (χ3n) is 3.46. The molecule has 0 aliphatic heterocycles. The van der Waals surface area contributed by atoms with Gasteiger partial charge in [-0.2, -0.15) is 0 Å². The number of thioether (sulfide) groups is 1. The number of nitrogens with one attached hydrogen (secondary N) is 1. The van der Waals surface area contributed by atoms with Gasteiger partial charge in [-0.15, -0.1) is 11.3 Å². The molecule has 2 rings (SSSR count). The SMILES string of the molecule is CCCNC1(C(=O)O)CCC(Sc2nc(C)cs2)C1. The zero-order valence-corrected chi connectivity index (χ0v) is 12.9. The number of hydrogen-bond donors (Lipinski definition) is 2.